The zero-order valence-corrected chi connectivity index (χ0v) is 14.0. The highest BCUT2D eigenvalue weighted by Gasteiger charge is 2.23. The molecule has 7 nitrogen and oxygen atoms in total. The topological polar surface area (TPSA) is 95.7 Å². The molecule has 130 valence electrons. The third kappa shape index (κ3) is 4.20. The van der Waals surface area contributed by atoms with E-state index in [4.69, 9.17) is 9.47 Å². The Hall–Kier alpha value is -3.22. The molecule has 2 aromatic carbocycles. The molecule has 0 N–H and O–H groups in total. The molecule has 0 radical (unpaired) electrons. The van der Waals surface area contributed by atoms with Crippen LogP contribution < -0.4 is 4.74 Å². The number of methoxy groups -OCH3 is 1. The summed E-state index contributed by atoms with van der Waals surface area (Å²) in [7, 11) is 1.29. The quantitative estimate of drug-likeness (QED) is 0.345. The van der Waals surface area contributed by atoms with Gasteiger partial charge in [0.2, 0.25) is 5.78 Å². The molecule has 0 aliphatic rings. The van der Waals surface area contributed by atoms with Gasteiger partial charge in [-0.05, 0) is 26.0 Å². The van der Waals surface area contributed by atoms with Crippen LogP contribution in [0.15, 0.2) is 42.5 Å². The van der Waals surface area contributed by atoms with Crippen molar-refractivity contribution < 1.29 is 24.0 Å². The number of hydrogen-bond acceptors (Lipinski definition) is 6. The van der Waals surface area contributed by atoms with E-state index in [-0.39, 0.29) is 22.8 Å². The largest absolute Gasteiger partial charge is 0.490 e. The minimum absolute atomic E-state index is 0.0314. The number of ether oxygens (including phenoxy) is 2. The number of esters is 1. The summed E-state index contributed by atoms with van der Waals surface area (Å²) in [6.07, 6.45) is -1.02. The zero-order valence-electron chi connectivity index (χ0n) is 14.0. The molecule has 0 bridgehead atoms. The van der Waals surface area contributed by atoms with Crippen LogP contribution >= 0.6 is 0 Å². The predicted molar refractivity (Wildman–Crippen MR) is 90.0 cm³/mol. The van der Waals surface area contributed by atoms with E-state index >= 15 is 0 Å². The minimum Gasteiger partial charge on any atom is -0.490 e. The second kappa shape index (κ2) is 7.57. The van der Waals surface area contributed by atoms with E-state index in [2.05, 4.69) is 0 Å². The first-order valence-corrected chi connectivity index (χ1v) is 7.47. The van der Waals surface area contributed by atoms with Gasteiger partial charge in [-0.25, -0.2) is 4.79 Å². The predicted octanol–water partition coefficient (Wildman–Crippen LogP) is 3.34. The van der Waals surface area contributed by atoms with Crippen LogP contribution in [0.3, 0.4) is 0 Å². The first kappa shape index (κ1) is 18.1. The third-order valence-electron chi connectivity index (χ3n) is 3.60. The van der Waals surface area contributed by atoms with Gasteiger partial charge in [-0.3, -0.25) is 14.9 Å². The molecule has 0 heterocycles. The number of nitro groups is 1. The molecule has 1 atom stereocenters. The number of benzene rings is 2. The second-order valence-electron chi connectivity index (χ2n) is 5.42. The molecule has 25 heavy (non-hydrogen) atoms. The monoisotopic (exact) mass is 343 g/mol. The second-order valence-corrected chi connectivity index (χ2v) is 5.42. The van der Waals surface area contributed by atoms with Crippen LogP contribution in [0, 0.1) is 17.0 Å². The molecule has 0 unspecified atom stereocenters. The van der Waals surface area contributed by atoms with Crippen molar-refractivity contribution in [1.82, 2.24) is 0 Å². The van der Waals surface area contributed by atoms with Gasteiger partial charge >= 0.3 is 11.7 Å². The van der Waals surface area contributed by atoms with E-state index in [1.807, 2.05) is 6.92 Å². The highest BCUT2D eigenvalue weighted by atomic mass is 16.6. The maximum Gasteiger partial charge on any atom is 0.339 e. The Morgan fingerprint density at radius 1 is 1.08 bits per heavy atom. The standard InChI is InChI=1S/C18H17NO6/c1-11-4-6-13(7-5-11)17(20)12(2)25-18(21)14-8-9-16(24-3)15(10-14)19(22)23/h4-10,12H,1-3H3/t12-/m1/s1. The fourth-order valence-corrected chi connectivity index (χ4v) is 2.19. The van der Waals surface area contributed by atoms with Crippen LogP contribution in [0.2, 0.25) is 0 Å². The molecule has 0 amide bonds. The number of aryl methyl sites for hydroxylation is 1. The molecule has 0 aromatic heterocycles. The van der Waals surface area contributed by atoms with Crippen molar-refractivity contribution in [3.63, 3.8) is 0 Å². The van der Waals surface area contributed by atoms with Crippen LogP contribution in [-0.4, -0.2) is 29.9 Å². The molecule has 0 saturated carbocycles. The molecule has 0 aliphatic carbocycles. The van der Waals surface area contributed by atoms with Crippen molar-refractivity contribution >= 4 is 17.4 Å². The maximum absolute atomic E-state index is 12.3. The van der Waals surface area contributed by atoms with Gasteiger partial charge in [0.15, 0.2) is 11.9 Å². The van der Waals surface area contributed by atoms with E-state index in [0.29, 0.717) is 5.56 Å². The number of hydrogen-bond donors (Lipinski definition) is 0. The molecule has 0 fully saturated rings. The van der Waals surface area contributed by atoms with Crippen LogP contribution in [0.25, 0.3) is 0 Å². The van der Waals surface area contributed by atoms with Crippen molar-refractivity contribution in [2.45, 2.75) is 20.0 Å². The van der Waals surface area contributed by atoms with E-state index in [0.717, 1.165) is 11.6 Å². The van der Waals surface area contributed by atoms with Crippen molar-refractivity contribution in [3.05, 3.63) is 69.3 Å². The Morgan fingerprint density at radius 3 is 2.24 bits per heavy atom. The van der Waals surface area contributed by atoms with Gasteiger partial charge < -0.3 is 9.47 Å². The molecule has 7 heteroatoms. The van der Waals surface area contributed by atoms with Gasteiger partial charge in [0, 0.05) is 11.6 Å². The lowest BCUT2D eigenvalue weighted by molar-refractivity contribution is -0.385. The fraction of sp³-hybridized carbons (Fsp3) is 0.222. The number of Topliss-reactive ketones (excluding diaryl/α,β-unsaturated/α-hetero) is 1. The summed E-state index contributed by atoms with van der Waals surface area (Å²) >= 11 is 0. The van der Waals surface area contributed by atoms with Gasteiger partial charge in [0.25, 0.3) is 0 Å². The minimum atomic E-state index is -1.02. The lowest BCUT2D eigenvalue weighted by Crippen LogP contribution is -2.24. The van der Waals surface area contributed by atoms with E-state index < -0.39 is 17.0 Å². The highest BCUT2D eigenvalue weighted by Crippen LogP contribution is 2.28. The van der Waals surface area contributed by atoms with Gasteiger partial charge in [-0.1, -0.05) is 29.8 Å². The Kier molecular flexibility index (Phi) is 5.49. The summed E-state index contributed by atoms with van der Waals surface area (Å²) < 4.78 is 10.0. The Bertz CT molecular complexity index is 813. The number of carbonyl (C=O) groups excluding carboxylic acids is 2. The lowest BCUT2D eigenvalue weighted by atomic mass is 10.1. The van der Waals surface area contributed by atoms with E-state index in [9.17, 15) is 19.7 Å². The van der Waals surface area contributed by atoms with Gasteiger partial charge in [0.1, 0.15) is 0 Å². The van der Waals surface area contributed by atoms with E-state index in [1.54, 1.807) is 24.3 Å². The number of nitro benzene ring substituents is 1. The third-order valence-corrected chi connectivity index (χ3v) is 3.60. The maximum atomic E-state index is 12.3. The number of rotatable bonds is 6. The molecular weight excluding hydrogens is 326 g/mol. The number of carbonyl (C=O) groups is 2. The molecule has 0 aliphatic heterocycles. The summed E-state index contributed by atoms with van der Waals surface area (Å²) in [5, 5.41) is 11.0. The van der Waals surface area contributed by atoms with Crippen LogP contribution in [-0.2, 0) is 4.74 Å². The molecule has 0 spiro atoms. The first-order valence-electron chi connectivity index (χ1n) is 7.47. The molecule has 0 saturated heterocycles. The Balaban J connectivity index is 2.15. The molecule has 2 aromatic rings. The summed E-state index contributed by atoms with van der Waals surface area (Å²) in [6, 6.07) is 10.6. The van der Waals surface area contributed by atoms with E-state index in [1.165, 1.54) is 26.2 Å². The van der Waals surface area contributed by atoms with Crippen LogP contribution in [0.1, 0.15) is 33.2 Å². The summed E-state index contributed by atoms with van der Waals surface area (Å²) in [5.74, 6) is -1.14. The SMILES string of the molecule is COc1ccc(C(=O)O[C@H](C)C(=O)c2ccc(C)cc2)cc1[N+](=O)[O-]. The van der Waals surface area contributed by atoms with Gasteiger partial charge in [-0.2, -0.15) is 0 Å². The van der Waals surface area contributed by atoms with Crippen molar-refractivity contribution in [2.24, 2.45) is 0 Å². The van der Waals surface area contributed by atoms with Gasteiger partial charge in [-0.15, -0.1) is 0 Å². The Labute approximate surface area is 144 Å². The molecule has 2 rings (SSSR count). The number of nitrogens with zero attached hydrogens (tertiary/aromatic N) is 1. The smallest absolute Gasteiger partial charge is 0.339 e. The summed E-state index contributed by atoms with van der Waals surface area (Å²) in [5.41, 5.74) is 1.05. The highest BCUT2D eigenvalue weighted by molar-refractivity contribution is 6.01. The van der Waals surface area contributed by atoms with Crippen LogP contribution in [0.5, 0.6) is 5.75 Å². The zero-order chi connectivity index (χ0) is 18.6. The fourth-order valence-electron chi connectivity index (χ4n) is 2.19. The van der Waals surface area contributed by atoms with Crippen molar-refractivity contribution in [3.8, 4) is 5.75 Å². The normalized spacial score (nSPS) is 11.5. The number of ketones is 1. The van der Waals surface area contributed by atoms with Crippen LogP contribution in [0.4, 0.5) is 5.69 Å². The Morgan fingerprint density at radius 2 is 1.68 bits per heavy atom. The van der Waals surface area contributed by atoms with Crippen molar-refractivity contribution in [2.75, 3.05) is 7.11 Å². The summed E-state index contributed by atoms with van der Waals surface area (Å²) in [6.45, 7) is 3.35. The lowest BCUT2D eigenvalue weighted by Gasteiger charge is -2.13. The van der Waals surface area contributed by atoms with Crippen molar-refractivity contribution in [1.29, 1.82) is 0 Å². The summed E-state index contributed by atoms with van der Waals surface area (Å²) in [4.78, 5) is 34.8. The molecular formula is C18H17NO6. The average molecular weight is 343 g/mol. The average Bonchev–Trinajstić information content (AvgIpc) is 2.60. The van der Waals surface area contributed by atoms with Gasteiger partial charge in [0.05, 0.1) is 17.6 Å². The first-order chi connectivity index (χ1) is 11.8.